The zero-order valence-electron chi connectivity index (χ0n) is 10.7. The van der Waals surface area contributed by atoms with Crippen molar-refractivity contribution in [2.45, 2.75) is 18.6 Å². The molecule has 5 heteroatoms. The summed E-state index contributed by atoms with van der Waals surface area (Å²) in [4.78, 5) is 26.1. The number of hydrogen-bond donors (Lipinski definition) is 0. The van der Waals surface area contributed by atoms with Crippen LogP contribution >= 0.6 is 0 Å². The highest BCUT2D eigenvalue weighted by atomic mass is 19.1. The lowest BCUT2D eigenvalue weighted by Gasteiger charge is -2.24. The van der Waals surface area contributed by atoms with Crippen LogP contribution in [0.4, 0.5) is 10.1 Å². The van der Waals surface area contributed by atoms with Gasteiger partial charge in [-0.1, -0.05) is 24.3 Å². The van der Waals surface area contributed by atoms with Gasteiger partial charge < -0.3 is 4.74 Å². The molecule has 0 N–H and O–H groups in total. The van der Waals surface area contributed by atoms with Crippen molar-refractivity contribution in [3.8, 4) is 0 Å². The summed E-state index contributed by atoms with van der Waals surface area (Å²) in [5, 5.41) is 0. The Morgan fingerprint density at radius 1 is 1.25 bits per heavy atom. The number of para-hydroxylation sites is 1. The number of carbonyl (C=O) groups is 2. The summed E-state index contributed by atoms with van der Waals surface area (Å²) in [6.07, 6.45) is 3.27. The van der Waals surface area contributed by atoms with E-state index in [2.05, 4.69) is 0 Å². The van der Waals surface area contributed by atoms with Crippen LogP contribution in [-0.4, -0.2) is 23.5 Å². The first-order valence-electron chi connectivity index (χ1n) is 6.52. The van der Waals surface area contributed by atoms with Crippen molar-refractivity contribution < 1.29 is 18.7 Å². The molecule has 2 fully saturated rings. The number of rotatable bonds is 1. The maximum atomic E-state index is 13.9. The molecule has 2 saturated heterocycles. The smallest absolute Gasteiger partial charge is 0.241 e. The van der Waals surface area contributed by atoms with Crippen LogP contribution in [0, 0.1) is 17.7 Å². The predicted octanol–water partition coefficient (Wildman–Crippen LogP) is 1.66. The number of hydrogen-bond acceptors (Lipinski definition) is 3. The number of ether oxygens (including phenoxy) is 1. The van der Waals surface area contributed by atoms with E-state index < -0.39 is 23.3 Å². The highest BCUT2D eigenvalue weighted by molar-refractivity contribution is 6.23. The van der Waals surface area contributed by atoms with Gasteiger partial charge in [0.25, 0.3) is 0 Å². The van der Waals surface area contributed by atoms with Crippen molar-refractivity contribution in [1.29, 1.82) is 0 Å². The molecule has 4 rings (SSSR count). The van der Waals surface area contributed by atoms with Gasteiger partial charge in [-0.3, -0.25) is 9.59 Å². The number of benzene rings is 1. The molecule has 2 bridgehead atoms. The molecule has 2 amide bonds. The Kier molecular flexibility index (Phi) is 2.09. The second-order valence-corrected chi connectivity index (χ2v) is 5.59. The quantitative estimate of drug-likeness (QED) is 0.577. The summed E-state index contributed by atoms with van der Waals surface area (Å²) in [6.45, 7) is 1.80. The second-order valence-electron chi connectivity index (χ2n) is 5.59. The Labute approximate surface area is 114 Å². The predicted molar refractivity (Wildman–Crippen MR) is 68.3 cm³/mol. The molecule has 20 heavy (non-hydrogen) atoms. The number of carbonyl (C=O) groups excluding carboxylic acids is 2. The SMILES string of the molecule is CC12C=CC(O1)C1C(=O)N(c3ccccc3F)C(=O)C12. The molecule has 3 aliphatic heterocycles. The van der Waals surface area contributed by atoms with Gasteiger partial charge in [-0.25, -0.2) is 9.29 Å². The van der Waals surface area contributed by atoms with E-state index in [1.807, 2.05) is 12.2 Å². The van der Waals surface area contributed by atoms with Crippen LogP contribution in [-0.2, 0) is 14.3 Å². The number of anilines is 1. The zero-order chi connectivity index (χ0) is 14.1. The third-order valence-corrected chi connectivity index (χ3v) is 4.42. The van der Waals surface area contributed by atoms with E-state index in [0.29, 0.717) is 0 Å². The molecule has 102 valence electrons. The normalized spacial score (nSPS) is 37.9. The number of nitrogens with zero attached hydrogens (tertiary/aromatic N) is 1. The van der Waals surface area contributed by atoms with Gasteiger partial charge in [0.15, 0.2) is 0 Å². The molecular weight excluding hydrogens is 261 g/mol. The average molecular weight is 273 g/mol. The number of halogens is 1. The van der Waals surface area contributed by atoms with Gasteiger partial charge in [-0.15, -0.1) is 0 Å². The average Bonchev–Trinajstić information content (AvgIpc) is 3.01. The van der Waals surface area contributed by atoms with Crippen molar-refractivity contribution in [3.63, 3.8) is 0 Å². The summed E-state index contributed by atoms with van der Waals surface area (Å²) < 4.78 is 19.6. The Morgan fingerprint density at radius 3 is 2.70 bits per heavy atom. The fourth-order valence-corrected chi connectivity index (χ4v) is 3.52. The van der Waals surface area contributed by atoms with Crippen LogP contribution < -0.4 is 4.90 Å². The van der Waals surface area contributed by atoms with Crippen molar-refractivity contribution in [3.05, 3.63) is 42.2 Å². The van der Waals surface area contributed by atoms with E-state index in [1.165, 1.54) is 18.2 Å². The van der Waals surface area contributed by atoms with E-state index in [9.17, 15) is 14.0 Å². The Balaban J connectivity index is 1.82. The van der Waals surface area contributed by atoms with Crippen LogP contribution in [0.3, 0.4) is 0 Å². The molecular formula is C15H12FNO3. The topological polar surface area (TPSA) is 46.6 Å². The summed E-state index contributed by atoms with van der Waals surface area (Å²) in [5.41, 5.74) is -0.720. The zero-order valence-corrected chi connectivity index (χ0v) is 10.7. The Bertz CT molecular complexity index is 671. The molecule has 0 spiro atoms. The van der Waals surface area contributed by atoms with E-state index in [0.717, 1.165) is 4.90 Å². The summed E-state index contributed by atoms with van der Waals surface area (Å²) in [6, 6.07) is 5.83. The molecule has 4 unspecified atom stereocenters. The standard InChI is InChI=1S/C15H12FNO3/c1-15-7-6-10(20-15)11-12(15)14(19)17(13(11)18)9-5-3-2-4-8(9)16/h2-7,10-12H,1H3. The molecule has 0 radical (unpaired) electrons. The van der Waals surface area contributed by atoms with Crippen LogP contribution in [0.1, 0.15) is 6.92 Å². The fraction of sp³-hybridized carbons (Fsp3) is 0.333. The van der Waals surface area contributed by atoms with Crippen LogP contribution in [0.2, 0.25) is 0 Å². The van der Waals surface area contributed by atoms with Gasteiger partial charge >= 0.3 is 0 Å². The lowest BCUT2D eigenvalue weighted by atomic mass is 9.78. The van der Waals surface area contributed by atoms with Gasteiger partial charge in [-0.05, 0) is 19.1 Å². The molecule has 1 aromatic rings. The lowest BCUT2D eigenvalue weighted by Crippen LogP contribution is -2.38. The van der Waals surface area contributed by atoms with Gasteiger partial charge in [0, 0.05) is 0 Å². The van der Waals surface area contributed by atoms with E-state index in [-0.39, 0.29) is 23.6 Å². The first kappa shape index (κ1) is 11.8. The Morgan fingerprint density at radius 2 is 2.00 bits per heavy atom. The van der Waals surface area contributed by atoms with Gasteiger partial charge in [0.05, 0.1) is 29.2 Å². The summed E-state index contributed by atoms with van der Waals surface area (Å²) in [7, 11) is 0. The van der Waals surface area contributed by atoms with Crippen molar-refractivity contribution in [2.75, 3.05) is 4.90 Å². The molecule has 0 aliphatic carbocycles. The lowest BCUT2D eigenvalue weighted by molar-refractivity contribution is -0.126. The highest BCUT2D eigenvalue weighted by Gasteiger charge is 2.66. The second kappa shape index (κ2) is 3.55. The largest absolute Gasteiger partial charge is 0.362 e. The maximum absolute atomic E-state index is 13.9. The van der Waals surface area contributed by atoms with Crippen molar-refractivity contribution in [1.82, 2.24) is 0 Å². The van der Waals surface area contributed by atoms with Crippen LogP contribution in [0.15, 0.2) is 36.4 Å². The third-order valence-electron chi connectivity index (χ3n) is 4.42. The molecule has 3 heterocycles. The molecule has 3 aliphatic rings. The number of amides is 2. The van der Waals surface area contributed by atoms with Crippen molar-refractivity contribution in [2.24, 2.45) is 11.8 Å². The minimum absolute atomic E-state index is 0.0277. The fourth-order valence-electron chi connectivity index (χ4n) is 3.52. The number of fused-ring (bicyclic) bond motifs is 5. The molecule has 0 saturated carbocycles. The molecule has 4 nitrogen and oxygen atoms in total. The molecule has 0 aromatic heterocycles. The minimum Gasteiger partial charge on any atom is -0.362 e. The first-order valence-corrected chi connectivity index (χ1v) is 6.52. The van der Waals surface area contributed by atoms with E-state index in [1.54, 1.807) is 13.0 Å². The highest BCUT2D eigenvalue weighted by Crippen LogP contribution is 2.52. The molecule has 4 atom stereocenters. The minimum atomic E-state index is -0.748. The maximum Gasteiger partial charge on any atom is 0.241 e. The first-order chi connectivity index (χ1) is 9.53. The van der Waals surface area contributed by atoms with Crippen LogP contribution in [0.5, 0.6) is 0 Å². The summed E-state index contributed by atoms with van der Waals surface area (Å²) in [5.74, 6) is -2.40. The van der Waals surface area contributed by atoms with Gasteiger partial charge in [0.1, 0.15) is 5.82 Å². The molecule has 1 aromatic carbocycles. The van der Waals surface area contributed by atoms with Gasteiger partial charge in [0.2, 0.25) is 11.8 Å². The summed E-state index contributed by atoms with van der Waals surface area (Å²) >= 11 is 0. The number of imide groups is 1. The van der Waals surface area contributed by atoms with E-state index >= 15 is 0 Å². The monoisotopic (exact) mass is 273 g/mol. The van der Waals surface area contributed by atoms with Crippen LogP contribution in [0.25, 0.3) is 0 Å². The third kappa shape index (κ3) is 1.23. The van der Waals surface area contributed by atoms with E-state index in [4.69, 9.17) is 4.74 Å². The van der Waals surface area contributed by atoms with Gasteiger partial charge in [-0.2, -0.15) is 0 Å². The van der Waals surface area contributed by atoms with Crippen molar-refractivity contribution >= 4 is 17.5 Å². The Hall–Kier alpha value is -2.01.